The van der Waals surface area contributed by atoms with E-state index in [9.17, 15) is 9.90 Å². The zero-order valence-electron chi connectivity index (χ0n) is 22.9. The lowest BCUT2D eigenvalue weighted by molar-refractivity contribution is 0.130. The molecule has 0 bridgehead atoms. The summed E-state index contributed by atoms with van der Waals surface area (Å²) in [6, 6.07) is 19.4. The average Bonchev–Trinajstić information content (AvgIpc) is 3.13. The van der Waals surface area contributed by atoms with E-state index < -0.39 is 34.7 Å². The SMILES string of the molecule is CC(C)(C)[Si](C)(C)OC[C@H](O)C(=C=CN1C(=O)O[C@H](c2ccccc2)[C@@H]1c1ccccc1)[Si](C)(C)C. The molecule has 3 atom stereocenters. The van der Waals surface area contributed by atoms with Crippen molar-refractivity contribution in [2.75, 3.05) is 6.61 Å². The van der Waals surface area contributed by atoms with Gasteiger partial charge in [-0.15, -0.1) is 5.73 Å². The van der Waals surface area contributed by atoms with Crippen LogP contribution in [0.5, 0.6) is 0 Å². The molecule has 2 aromatic carbocycles. The van der Waals surface area contributed by atoms with Crippen LogP contribution < -0.4 is 0 Å². The van der Waals surface area contributed by atoms with E-state index in [2.05, 4.69) is 59.2 Å². The zero-order valence-corrected chi connectivity index (χ0v) is 24.9. The Labute approximate surface area is 218 Å². The van der Waals surface area contributed by atoms with Crippen LogP contribution in [0.15, 0.2) is 77.8 Å². The third-order valence-corrected chi connectivity index (χ3v) is 13.8. The molecule has 1 heterocycles. The third kappa shape index (κ3) is 6.47. The lowest BCUT2D eigenvalue weighted by Gasteiger charge is -2.37. The maximum Gasteiger partial charge on any atom is 0.415 e. The summed E-state index contributed by atoms with van der Waals surface area (Å²) in [6.45, 7) is 17.7. The van der Waals surface area contributed by atoms with Crippen molar-refractivity contribution in [3.63, 3.8) is 0 Å². The Kier molecular flexibility index (Phi) is 8.53. The lowest BCUT2D eigenvalue weighted by atomic mass is 9.96. The number of benzene rings is 2. The summed E-state index contributed by atoms with van der Waals surface area (Å²) in [4.78, 5) is 14.7. The van der Waals surface area contributed by atoms with Gasteiger partial charge in [-0.1, -0.05) is 101 Å². The number of hydrogen-bond donors (Lipinski definition) is 1. The highest BCUT2D eigenvalue weighted by Crippen LogP contribution is 2.43. The summed E-state index contributed by atoms with van der Waals surface area (Å²) in [5.74, 6) is 0. The molecule has 194 valence electrons. The van der Waals surface area contributed by atoms with Crippen LogP contribution in [0.4, 0.5) is 4.79 Å². The maximum absolute atomic E-state index is 13.1. The fourth-order valence-corrected chi connectivity index (χ4v) is 6.63. The number of amides is 1. The van der Waals surface area contributed by atoms with E-state index in [1.807, 2.05) is 60.7 Å². The van der Waals surface area contributed by atoms with Gasteiger partial charge in [-0.2, -0.15) is 0 Å². The molecule has 0 spiro atoms. The van der Waals surface area contributed by atoms with Gasteiger partial charge in [0, 0.05) is 0 Å². The van der Waals surface area contributed by atoms with Crippen molar-refractivity contribution in [3.8, 4) is 0 Å². The molecular weight excluding hydrogens is 482 g/mol. The van der Waals surface area contributed by atoms with Crippen LogP contribution in [-0.2, 0) is 9.16 Å². The van der Waals surface area contributed by atoms with Crippen LogP contribution >= 0.6 is 0 Å². The molecule has 0 aliphatic carbocycles. The van der Waals surface area contributed by atoms with Crippen molar-refractivity contribution >= 4 is 22.5 Å². The minimum Gasteiger partial charge on any atom is -0.438 e. The molecule has 36 heavy (non-hydrogen) atoms. The Balaban J connectivity index is 1.98. The van der Waals surface area contributed by atoms with E-state index in [-0.39, 0.29) is 17.7 Å². The van der Waals surface area contributed by atoms with E-state index >= 15 is 0 Å². The van der Waals surface area contributed by atoms with Crippen LogP contribution in [0, 0.1) is 0 Å². The Morgan fingerprint density at radius 2 is 1.56 bits per heavy atom. The predicted octanol–water partition coefficient (Wildman–Crippen LogP) is 7.22. The topological polar surface area (TPSA) is 59.0 Å². The van der Waals surface area contributed by atoms with Crippen LogP contribution in [0.2, 0.25) is 37.8 Å². The molecule has 1 aliphatic heterocycles. The number of rotatable bonds is 8. The molecule has 7 heteroatoms. The highest BCUT2D eigenvalue weighted by molar-refractivity contribution is 6.83. The van der Waals surface area contributed by atoms with Gasteiger partial charge in [0.2, 0.25) is 0 Å². The first-order valence-electron chi connectivity index (χ1n) is 12.6. The van der Waals surface area contributed by atoms with E-state index in [1.165, 1.54) is 0 Å². The van der Waals surface area contributed by atoms with Gasteiger partial charge in [-0.3, -0.25) is 4.90 Å². The molecule has 0 unspecified atom stereocenters. The molecule has 1 fully saturated rings. The highest BCUT2D eigenvalue weighted by atomic mass is 28.4. The number of hydrogen-bond acceptors (Lipinski definition) is 4. The second-order valence-electron chi connectivity index (χ2n) is 12.0. The summed E-state index contributed by atoms with van der Waals surface area (Å²) in [5, 5.41) is 12.1. The van der Waals surface area contributed by atoms with Crippen LogP contribution in [0.25, 0.3) is 0 Å². The fraction of sp³-hybridized carbons (Fsp3) is 0.448. The Bertz CT molecular complexity index is 1100. The Morgan fingerprint density at radius 1 is 1.03 bits per heavy atom. The summed E-state index contributed by atoms with van der Waals surface area (Å²) in [7, 11) is -4.00. The quantitative estimate of drug-likeness (QED) is 0.293. The van der Waals surface area contributed by atoms with Gasteiger partial charge in [-0.25, -0.2) is 4.79 Å². The average molecular weight is 524 g/mol. The van der Waals surface area contributed by atoms with Crippen molar-refractivity contribution in [3.05, 3.63) is 88.9 Å². The van der Waals surface area contributed by atoms with Gasteiger partial charge in [-0.05, 0) is 34.5 Å². The summed E-state index contributed by atoms with van der Waals surface area (Å²) in [6.07, 6.45) is 0.0285. The number of aliphatic hydroxyl groups is 1. The van der Waals surface area contributed by atoms with E-state index in [1.54, 1.807) is 11.1 Å². The lowest BCUT2D eigenvalue weighted by Crippen LogP contribution is -2.44. The Hall–Kier alpha value is -2.42. The van der Waals surface area contributed by atoms with Crippen molar-refractivity contribution in [2.45, 2.75) is 76.8 Å². The molecule has 1 aliphatic rings. The first-order valence-corrected chi connectivity index (χ1v) is 19.0. The normalized spacial score (nSPS) is 19.5. The third-order valence-electron chi connectivity index (χ3n) is 7.20. The van der Waals surface area contributed by atoms with Gasteiger partial charge in [0.25, 0.3) is 0 Å². The second kappa shape index (κ2) is 10.9. The monoisotopic (exact) mass is 523 g/mol. The highest BCUT2D eigenvalue weighted by Gasteiger charge is 2.43. The van der Waals surface area contributed by atoms with Crippen LogP contribution in [-0.4, -0.2) is 45.2 Å². The minimum atomic E-state index is -2.01. The molecule has 3 rings (SSSR count). The van der Waals surface area contributed by atoms with Gasteiger partial charge >= 0.3 is 6.09 Å². The fourth-order valence-electron chi connectivity index (χ4n) is 4.04. The molecule has 2 aromatic rings. The molecule has 0 saturated carbocycles. The number of ether oxygens (including phenoxy) is 1. The van der Waals surface area contributed by atoms with Crippen molar-refractivity contribution < 1.29 is 19.1 Å². The first kappa shape index (κ1) is 28.2. The Morgan fingerprint density at radius 3 is 2.06 bits per heavy atom. The zero-order chi connectivity index (χ0) is 26.7. The smallest absolute Gasteiger partial charge is 0.415 e. The standard InChI is InChI=1S/C29H41NO4Si2/c1-29(2,3)36(7,8)33-21-24(31)25(35(4,5)6)19-20-30-26(22-15-11-9-12-16-22)27(34-28(30)32)23-17-13-10-14-18-23/h9-18,20,24,26-27,31H,21H2,1-8H3/t19?,24-,26-,27+/m0/s1. The molecule has 1 N–H and O–H groups in total. The van der Waals surface area contributed by atoms with E-state index in [0.29, 0.717) is 0 Å². The van der Waals surface area contributed by atoms with E-state index in [0.717, 1.165) is 16.3 Å². The van der Waals surface area contributed by atoms with Crippen molar-refractivity contribution in [2.24, 2.45) is 0 Å². The number of carbonyl (C=O) groups is 1. The molecular formula is C29H41NO4Si2. The second-order valence-corrected chi connectivity index (χ2v) is 21.9. The summed E-state index contributed by atoms with van der Waals surface area (Å²) < 4.78 is 12.2. The minimum absolute atomic E-state index is 0.0558. The van der Waals surface area contributed by atoms with Gasteiger partial charge in [0.15, 0.2) is 14.4 Å². The number of carbonyl (C=O) groups excluding carboxylic acids is 1. The first-order chi connectivity index (χ1) is 16.7. The van der Waals surface area contributed by atoms with Crippen LogP contribution in [0.3, 0.4) is 0 Å². The molecule has 1 saturated heterocycles. The van der Waals surface area contributed by atoms with Crippen molar-refractivity contribution in [1.29, 1.82) is 0 Å². The van der Waals surface area contributed by atoms with Crippen LogP contribution in [0.1, 0.15) is 44.0 Å². The number of nitrogens with zero attached hydrogens (tertiary/aromatic N) is 1. The molecule has 0 aromatic heterocycles. The number of aliphatic hydroxyl groups excluding tert-OH is 1. The maximum atomic E-state index is 13.1. The van der Waals surface area contributed by atoms with E-state index in [4.69, 9.17) is 9.16 Å². The number of cyclic esters (lactones) is 1. The molecule has 1 amide bonds. The summed E-state index contributed by atoms with van der Waals surface area (Å²) >= 11 is 0. The molecule has 0 radical (unpaired) electrons. The summed E-state index contributed by atoms with van der Waals surface area (Å²) in [5.41, 5.74) is 5.26. The van der Waals surface area contributed by atoms with Crippen molar-refractivity contribution in [1.82, 2.24) is 4.90 Å². The molecule has 5 nitrogen and oxygen atoms in total. The van der Waals surface area contributed by atoms with Gasteiger partial charge in [0.05, 0.1) is 20.9 Å². The predicted molar refractivity (Wildman–Crippen MR) is 151 cm³/mol. The van der Waals surface area contributed by atoms with Gasteiger partial charge in [0.1, 0.15) is 12.1 Å². The largest absolute Gasteiger partial charge is 0.438 e. The van der Waals surface area contributed by atoms with Gasteiger partial charge < -0.3 is 14.3 Å².